The van der Waals surface area contributed by atoms with Gasteiger partial charge in [-0.15, -0.1) is 0 Å². The molecule has 0 saturated heterocycles. The molecule has 0 bridgehead atoms. The molecular formula is C10H15N3O2. The molecule has 82 valence electrons. The van der Waals surface area contributed by atoms with E-state index in [4.69, 9.17) is 10.8 Å². The van der Waals surface area contributed by atoms with E-state index in [0.717, 1.165) is 0 Å². The SMILES string of the molecule is Cc1ncc(N)cc1C(=O)NC[C@@H](C)O. The maximum absolute atomic E-state index is 11.6. The Morgan fingerprint density at radius 2 is 2.40 bits per heavy atom. The molecule has 0 unspecified atom stereocenters. The fraction of sp³-hybridized carbons (Fsp3) is 0.400. The summed E-state index contributed by atoms with van der Waals surface area (Å²) < 4.78 is 0. The molecule has 0 radical (unpaired) electrons. The van der Waals surface area contributed by atoms with E-state index in [9.17, 15) is 4.79 Å². The number of aromatic nitrogens is 1. The second-order valence-electron chi connectivity index (χ2n) is 3.46. The zero-order valence-electron chi connectivity index (χ0n) is 8.82. The number of pyridine rings is 1. The van der Waals surface area contributed by atoms with Crippen LogP contribution in [0.1, 0.15) is 23.0 Å². The van der Waals surface area contributed by atoms with Gasteiger partial charge in [-0.25, -0.2) is 0 Å². The molecule has 15 heavy (non-hydrogen) atoms. The Balaban J connectivity index is 2.77. The lowest BCUT2D eigenvalue weighted by Gasteiger charge is -2.09. The molecule has 1 aromatic rings. The summed E-state index contributed by atoms with van der Waals surface area (Å²) in [7, 11) is 0. The molecule has 0 fully saturated rings. The van der Waals surface area contributed by atoms with Crippen LogP contribution in [-0.2, 0) is 0 Å². The van der Waals surface area contributed by atoms with Crippen molar-refractivity contribution >= 4 is 11.6 Å². The van der Waals surface area contributed by atoms with E-state index in [-0.39, 0.29) is 12.5 Å². The lowest BCUT2D eigenvalue weighted by Crippen LogP contribution is -2.31. The first-order valence-electron chi connectivity index (χ1n) is 4.69. The largest absolute Gasteiger partial charge is 0.397 e. The fourth-order valence-corrected chi connectivity index (χ4v) is 1.11. The van der Waals surface area contributed by atoms with Gasteiger partial charge in [-0.05, 0) is 19.9 Å². The van der Waals surface area contributed by atoms with Gasteiger partial charge in [0.15, 0.2) is 0 Å². The molecule has 1 atom stereocenters. The third-order valence-corrected chi connectivity index (χ3v) is 1.91. The van der Waals surface area contributed by atoms with Gasteiger partial charge in [0.25, 0.3) is 5.91 Å². The van der Waals surface area contributed by atoms with Crippen LogP contribution in [0.15, 0.2) is 12.3 Å². The van der Waals surface area contributed by atoms with Crippen molar-refractivity contribution in [3.8, 4) is 0 Å². The predicted molar refractivity (Wildman–Crippen MR) is 57.4 cm³/mol. The third kappa shape index (κ3) is 3.21. The summed E-state index contributed by atoms with van der Waals surface area (Å²) in [5, 5.41) is 11.6. The molecule has 0 spiro atoms. The van der Waals surface area contributed by atoms with E-state index in [1.165, 1.54) is 6.20 Å². The summed E-state index contributed by atoms with van der Waals surface area (Å²) in [4.78, 5) is 15.6. The first kappa shape index (κ1) is 11.5. The molecule has 0 aromatic carbocycles. The van der Waals surface area contributed by atoms with Gasteiger partial charge in [-0.3, -0.25) is 9.78 Å². The number of aryl methyl sites for hydroxylation is 1. The molecule has 1 amide bonds. The zero-order valence-corrected chi connectivity index (χ0v) is 8.82. The van der Waals surface area contributed by atoms with Gasteiger partial charge in [0.2, 0.25) is 0 Å². The lowest BCUT2D eigenvalue weighted by molar-refractivity contribution is 0.0923. The Kier molecular flexibility index (Phi) is 3.62. The number of carbonyl (C=O) groups excluding carboxylic acids is 1. The summed E-state index contributed by atoms with van der Waals surface area (Å²) >= 11 is 0. The Hall–Kier alpha value is -1.62. The number of amides is 1. The molecule has 0 aliphatic carbocycles. The predicted octanol–water partition coefficient (Wildman–Crippen LogP) is 0.0828. The fourth-order valence-electron chi connectivity index (χ4n) is 1.11. The number of nitrogens with zero attached hydrogens (tertiary/aromatic N) is 1. The highest BCUT2D eigenvalue weighted by Crippen LogP contribution is 2.08. The number of anilines is 1. The van der Waals surface area contributed by atoms with Crippen LogP contribution >= 0.6 is 0 Å². The summed E-state index contributed by atoms with van der Waals surface area (Å²) in [5.41, 5.74) is 7.03. The molecule has 0 saturated carbocycles. The molecule has 5 nitrogen and oxygen atoms in total. The molecule has 1 heterocycles. The molecule has 0 aliphatic rings. The highest BCUT2D eigenvalue weighted by atomic mass is 16.3. The Morgan fingerprint density at radius 3 is 3.00 bits per heavy atom. The van der Waals surface area contributed by atoms with Crippen molar-refractivity contribution in [1.82, 2.24) is 10.3 Å². The van der Waals surface area contributed by atoms with Crippen molar-refractivity contribution in [2.75, 3.05) is 12.3 Å². The summed E-state index contributed by atoms with van der Waals surface area (Å²) in [5.74, 6) is -0.270. The van der Waals surface area contributed by atoms with Gasteiger partial charge in [0, 0.05) is 6.54 Å². The number of hydrogen-bond donors (Lipinski definition) is 3. The van der Waals surface area contributed by atoms with E-state index in [1.807, 2.05) is 0 Å². The van der Waals surface area contributed by atoms with E-state index < -0.39 is 6.10 Å². The highest BCUT2D eigenvalue weighted by Gasteiger charge is 2.10. The van der Waals surface area contributed by atoms with Crippen molar-refractivity contribution in [2.24, 2.45) is 0 Å². The topological polar surface area (TPSA) is 88.2 Å². The van der Waals surface area contributed by atoms with Crippen LogP contribution in [0.3, 0.4) is 0 Å². The number of nitrogens with two attached hydrogens (primary N) is 1. The number of carbonyl (C=O) groups is 1. The van der Waals surface area contributed by atoms with Gasteiger partial charge in [-0.1, -0.05) is 0 Å². The molecular weight excluding hydrogens is 194 g/mol. The van der Waals surface area contributed by atoms with Crippen LogP contribution < -0.4 is 11.1 Å². The number of nitrogens with one attached hydrogen (secondary N) is 1. The van der Waals surface area contributed by atoms with Crippen LogP contribution in [0.5, 0.6) is 0 Å². The van der Waals surface area contributed by atoms with Crippen molar-refractivity contribution in [1.29, 1.82) is 0 Å². The Labute approximate surface area is 88.3 Å². The number of hydrogen-bond acceptors (Lipinski definition) is 4. The monoisotopic (exact) mass is 209 g/mol. The molecule has 5 heteroatoms. The minimum absolute atomic E-state index is 0.215. The number of nitrogen functional groups attached to an aromatic ring is 1. The lowest BCUT2D eigenvalue weighted by atomic mass is 10.2. The number of aliphatic hydroxyl groups is 1. The smallest absolute Gasteiger partial charge is 0.253 e. The van der Waals surface area contributed by atoms with E-state index in [0.29, 0.717) is 16.9 Å². The minimum Gasteiger partial charge on any atom is -0.397 e. The van der Waals surface area contributed by atoms with Crippen LogP contribution in [0, 0.1) is 6.92 Å². The van der Waals surface area contributed by atoms with Gasteiger partial charge >= 0.3 is 0 Å². The number of rotatable bonds is 3. The summed E-state index contributed by atoms with van der Waals surface area (Å²) in [6.45, 7) is 3.55. The van der Waals surface area contributed by atoms with Crippen LogP contribution in [0.25, 0.3) is 0 Å². The first-order valence-corrected chi connectivity index (χ1v) is 4.69. The van der Waals surface area contributed by atoms with Crippen molar-refractivity contribution in [2.45, 2.75) is 20.0 Å². The summed E-state index contributed by atoms with van der Waals surface area (Å²) in [6.07, 6.45) is 0.934. The van der Waals surface area contributed by atoms with Gasteiger partial charge in [0.1, 0.15) is 0 Å². The Morgan fingerprint density at radius 1 is 1.73 bits per heavy atom. The molecule has 1 aromatic heterocycles. The first-order chi connectivity index (χ1) is 7.00. The Bertz CT molecular complexity index is 364. The van der Waals surface area contributed by atoms with Gasteiger partial charge < -0.3 is 16.2 Å². The van der Waals surface area contributed by atoms with Crippen molar-refractivity contribution in [3.63, 3.8) is 0 Å². The average molecular weight is 209 g/mol. The maximum Gasteiger partial charge on any atom is 0.253 e. The van der Waals surface area contributed by atoms with Crippen molar-refractivity contribution in [3.05, 3.63) is 23.5 Å². The van der Waals surface area contributed by atoms with Crippen LogP contribution in [-0.4, -0.2) is 28.6 Å². The number of aliphatic hydroxyl groups excluding tert-OH is 1. The van der Waals surface area contributed by atoms with Crippen LogP contribution in [0.2, 0.25) is 0 Å². The maximum atomic E-state index is 11.6. The second-order valence-corrected chi connectivity index (χ2v) is 3.46. The third-order valence-electron chi connectivity index (χ3n) is 1.91. The molecule has 4 N–H and O–H groups in total. The highest BCUT2D eigenvalue weighted by molar-refractivity contribution is 5.95. The van der Waals surface area contributed by atoms with Crippen molar-refractivity contribution < 1.29 is 9.90 Å². The van der Waals surface area contributed by atoms with E-state index in [2.05, 4.69) is 10.3 Å². The summed E-state index contributed by atoms with van der Waals surface area (Å²) in [6, 6.07) is 1.57. The van der Waals surface area contributed by atoms with E-state index >= 15 is 0 Å². The second kappa shape index (κ2) is 4.75. The van der Waals surface area contributed by atoms with E-state index in [1.54, 1.807) is 19.9 Å². The average Bonchev–Trinajstić information content (AvgIpc) is 2.18. The van der Waals surface area contributed by atoms with Gasteiger partial charge in [-0.2, -0.15) is 0 Å². The minimum atomic E-state index is -0.566. The molecule has 1 rings (SSSR count). The standard InChI is InChI=1S/C10H15N3O2/c1-6(14)4-13-10(15)9-3-8(11)5-12-7(9)2/h3,5-6,14H,4,11H2,1-2H3,(H,13,15)/t6-/m1/s1. The molecule has 0 aliphatic heterocycles. The quantitative estimate of drug-likeness (QED) is 0.658. The normalized spacial score (nSPS) is 12.2. The zero-order chi connectivity index (χ0) is 11.4. The van der Waals surface area contributed by atoms with Gasteiger partial charge in [0.05, 0.1) is 29.2 Å². The van der Waals surface area contributed by atoms with Crippen LogP contribution in [0.4, 0.5) is 5.69 Å².